The maximum absolute atomic E-state index is 12.5. The molecule has 0 bridgehead atoms. The summed E-state index contributed by atoms with van der Waals surface area (Å²) in [5, 5.41) is 20.4. The minimum Gasteiger partial charge on any atom is -0.363 e. The van der Waals surface area contributed by atoms with Gasteiger partial charge in [-0.3, -0.25) is 4.79 Å². The molecule has 2 aromatic rings. The van der Waals surface area contributed by atoms with E-state index in [2.05, 4.69) is 21.6 Å². The van der Waals surface area contributed by atoms with Gasteiger partial charge in [0.15, 0.2) is 4.34 Å². The van der Waals surface area contributed by atoms with Crippen LogP contribution >= 0.6 is 23.1 Å². The van der Waals surface area contributed by atoms with Crippen LogP contribution in [0.4, 0.5) is 10.8 Å². The molecule has 0 radical (unpaired) electrons. The van der Waals surface area contributed by atoms with Gasteiger partial charge in [0.05, 0.1) is 18.2 Å². The van der Waals surface area contributed by atoms with Gasteiger partial charge in [-0.05, 0) is 19.1 Å². The van der Waals surface area contributed by atoms with Crippen LogP contribution in [0.3, 0.4) is 0 Å². The van der Waals surface area contributed by atoms with Crippen LogP contribution in [0.15, 0.2) is 28.6 Å². The summed E-state index contributed by atoms with van der Waals surface area (Å²) in [7, 11) is 1.78. The number of thioether (sulfide) groups is 1. The number of rotatable bonds is 7. The van der Waals surface area contributed by atoms with E-state index in [4.69, 9.17) is 5.26 Å². The van der Waals surface area contributed by atoms with Gasteiger partial charge >= 0.3 is 0 Å². The van der Waals surface area contributed by atoms with Crippen molar-refractivity contribution < 1.29 is 4.79 Å². The molecule has 120 valence electrons. The fourth-order valence-electron chi connectivity index (χ4n) is 1.85. The number of nitrogens with one attached hydrogen (secondary N) is 1. The van der Waals surface area contributed by atoms with Gasteiger partial charge in [-0.2, -0.15) is 5.26 Å². The average Bonchev–Trinajstić information content (AvgIpc) is 3.03. The molecule has 1 aromatic carbocycles. The van der Waals surface area contributed by atoms with Gasteiger partial charge < -0.3 is 10.2 Å². The summed E-state index contributed by atoms with van der Waals surface area (Å²) in [6, 6.07) is 9.81. The van der Waals surface area contributed by atoms with Gasteiger partial charge in [0.2, 0.25) is 11.0 Å². The summed E-state index contributed by atoms with van der Waals surface area (Å²) < 4.78 is 0.742. The molecule has 1 amide bonds. The fraction of sp³-hybridized carbons (Fsp3) is 0.333. The molecule has 6 nitrogen and oxygen atoms in total. The molecule has 23 heavy (non-hydrogen) atoms. The van der Waals surface area contributed by atoms with Gasteiger partial charge in [0, 0.05) is 19.3 Å². The summed E-state index contributed by atoms with van der Waals surface area (Å²) in [5.74, 6) is 0.216. The second-order valence-corrected chi connectivity index (χ2v) is 6.90. The number of aryl methyl sites for hydroxylation is 1. The Bertz CT molecular complexity index is 693. The summed E-state index contributed by atoms with van der Waals surface area (Å²) >= 11 is 2.76. The van der Waals surface area contributed by atoms with Crippen LogP contribution in [0.25, 0.3) is 0 Å². The zero-order valence-electron chi connectivity index (χ0n) is 12.9. The molecular formula is C15H17N5OS2. The number of nitriles is 1. The van der Waals surface area contributed by atoms with Gasteiger partial charge in [0.1, 0.15) is 0 Å². The molecule has 0 atom stereocenters. The lowest BCUT2D eigenvalue weighted by atomic mass is 10.2. The van der Waals surface area contributed by atoms with E-state index in [0.29, 0.717) is 13.0 Å². The average molecular weight is 347 g/mol. The van der Waals surface area contributed by atoms with Crippen molar-refractivity contribution in [2.24, 2.45) is 0 Å². The van der Waals surface area contributed by atoms with Crippen LogP contribution in [0, 0.1) is 18.3 Å². The van der Waals surface area contributed by atoms with E-state index >= 15 is 0 Å². The first kappa shape index (κ1) is 17.2. The number of nitrogens with zero attached hydrogens (tertiary/aromatic N) is 4. The summed E-state index contributed by atoms with van der Waals surface area (Å²) in [6.45, 7) is 2.38. The highest BCUT2D eigenvalue weighted by atomic mass is 32.2. The maximum atomic E-state index is 12.5. The van der Waals surface area contributed by atoms with Gasteiger partial charge in [-0.15, -0.1) is 10.2 Å². The third-order valence-electron chi connectivity index (χ3n) is 3.03. The third-order valence-corrected chi connectivity index (χ3v) is 5.09. The number of benzene rings is 1. The van der Waals surface area contributed by atoms with E-state index in [-0.39, 0.29) is 11.7 Å². The number of anilines is 2. The molecular weight excluding hydrogens is 330 g/mol. The van der Waals surface area contributed by atoms with Crippen LogP contribution < -0.4 is 10.2 Å². The SMILES string of the molecule is CNc1nnc(SCC(=O)N(CCC#N)c2ccc(C)cc2)s1. The molecule has 8 heteroatoms. The normalized spacial score (nSPS) is 10.1. The van der Waals surface area contributed by atoms with E-state index in [9.17, 15) is 4.79 Å². The van der Waals surface area contributed by atoms with Crippen molar-refractivity contribution in [3.63, 3.8) is 0 Å². The van der Waals surface area contributed by atoms with E-state index in [1.54, 1.807) is 11.9 Å². The fourth-order valence-corrected chi connectivity index (χ4v) is 3.44. The third kappa shape index (κ3) is 4.94. The van der Waals surface area contributed by atoms with Crippen molar-refractivity contribution in [3.8, 4) is 6.07 Å². The van der Waals surface area contributed by atoms with Crippen molar-refractivity contribution in [3.05, 3.63) is 29.8 Å². The van der Waals surface area contributed by atoms with E-state index < -0.39 is 0 Å². The summed E-state index contributed by atoms with van der Waals surface area (Å²) in [6.07, 6.45) is 0.299. The van der Waals surface area contributed by atoms with Crippen LogP contribution in [0.1, 0.15) is 12.0 Å². The predicted octanol–water partition coefficient (Wildman–Crippen LogP) is 2.93. The Morgan fingerprint density at radius 3 is 2.74 bits per heavy atom. The highest BCUT2D eigenvalue weighted by molar-refractivity contribution is 8.01. The molecule has 0 spiro atoms. The molecule has 0 aliphatic carbocycles. The number of hydrogen-bond acceptors (Lipinski definition) is 7. The number of hydrogen-bond donors (Lipinski definition) is 1. The lowest BCUT2D eigenvalue weighted by molar-refractivity contribution is -0.116. The lowest BCUT2D eigenvalue weighted by Gasteiger charge is -2.21. The van der Waals surface area contributed by atoms with Crippen molar-refractivity contribution in [2.75, 3.05) is 29.6 Å². The number of aromatic nitrogens is 2. The molecule has 1 heterocycles. The monoisotopic (exact) mass is 347 g/mol. The number of carbonyl (C=O) groups is 1. The van der Waals surface area contributed by atoms with E-state index in [1.807, 2.05) is 31.2 Å². The van der Waals surface area contributed by atoms with Gasteiger partial charge in [-0.1, -0.05) is 40.8 Å². The lowest BCUT2D eigenvalue weighted by Crippen LogP contribution is -2.33. The van der Waals surface area contributed by atoms with E-state index in [0.717, 1.165) is 20.7 Å². The van der Waals surface area contributed by atoms with Crippen LogP contribution in [0.2, 0.25) is 0 Å². The minimum atomic E-state index is -0.0460. The van der Waals surface area contributed by atoms with Gasteiger partial charge in [-0.25, -0.2) is 0 Å². The topological polar surface area (TPSA) is 81.9 Å². The molecule has 0 fully saturated rings. The van der Waals surface area contributed by atoms with Crippen molar-refractivity contribution in [1.29, 1.82) is 5.26 Å². The highest BCUT2D eigenvalue weighted by Crippen LogP contribution is 2.26. The van der Waals surface area contributed by atoms with Crippen molar-refractivity contribution in [2.45, 2.75) is 17.7 Å². The van der Waals surface area contributed by atoms with Crippen LogP contribution in [0.5, 0.6) is 0 Å². The Kier molecular flexibility index (Phi) is 6.38. The molecule has 0 saturated carbocycles. The first-order valence-corrected chi connectivity index (χ1v) is 8.82. The molecule has 1 N–H and O–H groups in total. The van der Waals surface area contributed by atoms with E-state index in [1.165, 1.54) is 23.1 Å². The van der Waals surface area contributed by atoms with Crippen molar-refractivity contribution in [1.82, 2.24) is 10.2 Å². The molecule has 1 aromatic heterocycles. The molecule has 2 rings (SSSR count). The zero-order chi connectivity index (χ0) is 16.7. The molecule has 0 saturated heterocycles. The first-order valence-electron chi connectivity index (χ1n) is 7.02. The van der Waals surface area contributed by atoms with Crippen molar-refractivity contribution >= 4 is 39.8 Å². The quantitative estimate of drug-likeness (QED) is 0.776. The Balaban J connectivity index is 2.04. The Hall–Kier alpha value is -2.11. The molecule has 0 unspecified atom stereocenters. The molecule has 0 aliphatic heterocycles. The van der Waals surface area contributed by atoms with Crippen LogP contribution in [-0.2, 0) is 4.79 Å². The predicted molar refractivity (Wildman–Crippen MR) is 93.9 cm³/mol. The second-order valence-electron chi connectivity index (χ2n) is 4.70. The maximum Gasteiger partial charge on any atom is 0.237 e. The zero-order valence-corrected chi connectivity index (χ0v) is 14.6. The minimum absolute atomic E-state index is 0.0460. The molecule has 0 aliphatic rings. The van der Waals surface area contributed by atoms with Crippen LogP contribution in [-0.4, -0.2) is 35.4 Å². The highest BCUT2D eigenvalue weighted by Gasteiger charge is 2.16. The Labute approximate surface area is 143 Å². The number of amides is 1. The smallest absolute Gasteiger partial charge is 0.237 e. The Morgan fingerprint density at radius 2 is 2.13 bits per heavy atom. The Morgan fingerprint density at radius 1 is 1.39 bits per heavy atom. The first-order chi connectivity index (χ1) is 11.1. The largest absolute Gasteiger partial charge is 0.363 e. The summed E-state index contributed by atoms with van der Waals surface area (Å²) in [5.41, 5.74) is 1.94. The standard InChI is InChI=1S/C15H17N5OS2/c1-11-4-6-12(7-5-11)20(9-3-8-16)13(21)10-22-15-19-18-14(17-2)23-15/h4-7H,3,9-10H2,1-2H3,(H,17,18). The number of carbonyl (C=O) groups excluding carboxylic acids is 1. The van der Waals surface area contributed by atoms with Gasteiger partial charge in [0.25, 0.3) is 0 Å². The second kappa shape index (κ2) is 8.50. The summed E-state index contributed by atoms with van der Waals surface area (Å²) in [4.78, 5) is 14.2.